The zero-order valence-electron chi connectivity index (χ0n) is 14.9. The van der Waals surface area contributed by atoms with Gasteiger partial charge in [-0.1, -0.05) is 48.2 Å². The van der Waals surface area contributed by atoms with Gasteiger partial charge in [0.1, 0.15) is 11.7 Å². The molecule has 0 aromatic heterocycles. The van der Waals surface area contributed by atoms with Gasteiger partial charge in [-0.2, -0.15) is 0 Å². The van der Waals surface area contributed by atoms with Gasteiger partial charge in [0.2, 0.25) is 5.78 Å². The Hall–Kier alpha value is -3.26. The van der Waals surface area contributed by atoms with Crippen molar-refractivity contribution in [2.24, 2.45) is 0 Å². The maximum atomic E-state index is 14.0. The van der Waals surface area contributed by atoms with Crippen molar-refractivity contribution in [3.63, 3.8) is 0 Å². The Balaban J connectivity index is 1.83. The van der Waals surface area contributed by atoms with Gasteiger partial charge >= 0.3 is 0 Å². The fourth-order valence-electron chi connectivity index (χ4n) is 4.21. The second-order valence-corrected chi connectivity index (χ2v) is 7.99. The van der Waals surface area contributed by atoms with Gasteiger partial charge < -0.3 is 4.90 Å². The minimum Gasteiger partial charge on any atom is -0.326 e. The lowest BCUT2D eigenvalue weighted by atomic mass is 9.75. The summed E-state index contributed by atoms with van der Waals surface area (Å²) in [6, 6.07) is 11.9. The van der Waals surface area contributed by atoms with Crippen LogP contribution in [0.2, 0.25) is 0 Å². The monoisotopic (exact) mass is 408 g/mol. The quantitative estimate of drug-likeness (QED) is 0.556. The summed E-state index contributed by atoms with van der Waals surface area (Å²) in [5, 5.41) is 12.4. The summed E-state index contributed by atoms with van der Waals surface area (Å²) in [4.78, 5) is 39.9. The zero-order valence-corrected chi connectivity index (χ0v) is 15.7. The molecule has 1 saturated heterocycles. The SMILES string of the molecule is O=C1C2=C(C(=O)c3ccccc31)N1CCSC1=C([N+](=O)[O-])C2c1cccc(F)c1. The maximum absolute atomic E-state index is 14.0. The number of allylic oxidation sites excluding steroid dienone is 2. The number of ketones is 2. The Morgan fingerprint density at radius 1 is 1.07 bits per heavy atom. The molecule has 1 unspecified atom stereocenters. The molecule has 6 nitrogen and oxygen atoms in total. The minimum atomic E-state index is -1.11. The first-order chi connectivity index (χ1) is 14.0. The molecule has 29 heavy (non-hydrogen) atoms. The summed E-state index contributed by atoms with van der Waals surface area (Å²) in [6.45, 7) is 0.396. The van der Waals surface area contributed by atoms with Crippen LogP contribution < -0.4 is 0 Å². The van der Waals surface area contributed by atoms with Crippen molar-refractivity contribution in [3.05, 3.63) is 103 Å². The van der Waals surface area contributed by atoms with Crippen LogP contribution in [0.15, 0.2) is 70.5 Å². The number of benzene rings is 2. The Bertz CT molecular complexity index is 1190. The number of rotatable bonds is 2. The first-order valence-electron chi connectivity index (χ1n) is 8.96. The van der Waals surface area contributed by atoms with Crippen LogP contribution in [0.3, 0.4) is 0 Å². The fraction of sp³-hybridized carbons (Fsp3) is 0.143. The van der Waals surface area contributed by atoms with Gasteiger partial charge in [-0.3, -0.25) is 19.7 Å². The van der Waals surface area contributed by atoms with Gasteiger partial charge in [-0.25, -0.2) is 4.39 Å². The normalized spacial score (nSPS) is 20.6. The summed E-state index contributed by atoms with van der Waals surface area (Å²) >= 11 is 1.28. The highest BCUT2D eigenvalue weighted by atomic mass is 32.2. The molecule has 0 N–H and O–H groups in total. The molecule has 0 spiro atoms. The Kier molecular flexibility index (Phi) is 3.92. The molecule has 2 heterocycles. The van der Waals surface area contributed by atoms with Crippen LogP contribution in [-0.4, -0.2) is 33.7 Å². The van der Waals surface area contributed by atoms with E-state index in [1.165, 1.54) is 30.0 Å². The smallest absolute Gasteiger partial charge is 0.288 e. The van der Waals surface area contributed by atoms with Crippen LogP contribution in [0.5, 0.6) is 0 Å². The second-order valence-electron chi connectivity index (χ2n) is 6.90. The number of thioether (sulfide) groups is 1. The highest BCUT2D eigenvalue weighted by Crippen LogP contribution is 2.50. The van der Waals surface area contributed by atoms with E-state index < -0.39 is 22.4 Å². The number of halogens is 1. The first kappa shape index (κ1) is 17.8. The second kappa shape index (κ2) is 6.38. The van der Waals surface area contributed by atoms with Crippen LogP contribution in [0.4, 0.5) is 4.39 Å². The van der Waals surface area contributed by atoms with E-state index in [4.69, 9.17) is 0 Å². The average Bonchev–Trinajstić information content (AvgIpc) is 3.19. The number of carbonyl (C=O) groups excluding carboxylic acids is 2. The summed E-state index contributed by atoms with van der Waals surface area (Å²) in [6.07, 6.45) is 0. The molecule has 2 aromatic rings. The van der Waals surface area contributed by atoms with Crippen molar-refractivity contribution in [2.75, 3.05) is 12.3 Å². The number of hydrogen-bond donors (Lipinski definition) is 0. The van der Waals surface area contributed by atoms with E-state index in [-0.39, 0.29) is 39.4 Å². The van der Waals surface area contributed by atoms with Crippen LogP contribution in [0, 0.1) is 15.9 Å². The van der Waals surface area contributed by atoms with E-state index in [0.29, 0.717) is 17.3 Å². The lowest BCUT2D eigenvalue weighted by Crippen LogP contribution is -2.39. The fourth-order valence-corrected chi connectivity index (χ4v) is 5.36. The number of nitro groups is 1. The van der Waals surface area contributed by atoms with Crippen LogP contribution in [-0.2, 0) is 0 Å². The van der Waals surface area contributed by atoms with E-state index in [0.717, 1.165) is 0 Å². The van der Waals surface area contributed by atoms with Crippen LogP contribution in [0.25, 0.3) is 0 Å². The molecule has 2 aromatic carbocycles. The summed E-state index contributed by atoms with van der Waals surface area (Å²) in [7, 11) is 0. The van der Waals surface area contributed by atoms with Gasteiger partial charge in [0, 0.05) is 29.0 Å². The largest absolute Gasteiger partial charge is 0.326 e. The molecule has 0 bridgehead atoms. The summed E-state index contributed by atoms with van der Waals surface area (Å²) in [5.41, 5.74) is 0.832. The van der Waals surface area contributed by atoms with Crippen LogP contribution >= 0.6 is 11.8 Å². The van der Waals surface area contributed by atoms with Gasteiger partial charge in [0.15, 0.2) is 10.8 Å². The number of hydrogen-bond acceptors (Lipinski definition) is 6. The van der Waals surface area contributed by atoms with Crippen molar-refractivity contribution in [2.45, 2.75) is 5.92 Å². The van der Waals surface area contributed by atoms with Crippen molar-refractivity contribution >= 4 is 23.3 Å². The van der Waals surface area contributed by atoms with Crippen LogP contribution in [0.1, 0.15) is 32.2 Å². The summed E-state index contributed by atoms with van der Waals surface area (Å²) in [5.74, 6) is -1.88. The Morgan fingerprint density at radius 3 is 2.48 bits per heavy atom. The Labute approximate surface area is 168 Å². The third-order valence-corrected chi connectivity index (χ3v) is 6.45. The average molecular weight is 408 g/mol. The van der Waals surface area contributed by atoms with Crippen molar-refractivity contribution in [1.82, 2.24) is 4.90 Å². The molecule has 1 fully saturated rings. The number of Topliss-reactive ketones (excluding diaryl/α,β-unsaturated/α-hetero) is 2. The third-order valence-electron chi connectivity index (χ3n) is 5.36. The molecule has 1 atom stereocenters. The van der Waals surface area contributed by atoms with Crippen molar-refractivity contribution < 1.29 is 18.9 Å². The van der Waals surface area contributed by atoms with E-state index >= 15 is 0 Å². The topological polar surface area (TPSA) is 80.5 Å². The first-order valence-corrected chi connectivity index (χ1v) is 9.94. The van der Waals surface area contributed by atoms with Gasteiger partial charge in [-0.05, 0) is 17.7 Å². The van der Waals surface area contributed by atoms with E-state index in [9.17, 15) is 24.1 Å². The number of carbonyl (C=O) groups is 2. The molecular formula is C21H13FN2O4S. The standard InChI is InChI=1S/C21H13FN2O4S/c22-12-5-3-4-11(10-12)15-16-17(23-8-9-29-21(23)18(15)24(27)28)20(26)14-7-2-1-6-13(14)19(16)25/h1-7,10,15H,8-9H2. The van der Waals surface area contributed by atoms with E-state index in [2.05, 4.69) is 0 Å². The molecule has 144 valence electrons. The van der Waals surface area contributed by atoms with Crippen molar-refractivity contribution in [3.8, 4) is 0 Å². The molecule has 3 aliphatic rings. The molecule has 2 aliphatic heterocycles. The van der Waals surface area contributed by atoms with E-state index in [1.807, 2.05) is 0 Å². The molecule has 0 amide bonds. The number of fused-ring (bicyclic) bond motifs is 3. The molecule has 0 radical (unpaired) electrons. The highest BCUT2D eigenvalue weighted by molar-refractivity contribution is 8.03. The molecule has 0 saturated carbocycles. The predicted octanol–water partition coefficient (Wildman–Crippen LogP) is 3.75. The molecule has 5 rings (SSSR count). The summed E-state index contributed by atoms with van der Waals surface area (Å²) < 4.78 is 14.0. The zero-order chi connectivity index (χ0) is 20.3. The number of nitrogens with zero attached hydrogens (tertiary/aromatic N) is 2. The maximum Gasteiger partial charge on any atom is 0.288 e. The van der Waals surface area contributed by atoms with Crippen molar-refractivity contribution in [1.29, 1.82) is 0 Å². The molecule has 1 aliphatic carbocycles. The lowest BCUT2D eigenvalue weighted by Gasteiger charge is -2.35. The third kappa shape index (κ3) is 2.49. The minimum absolute atomic E-state index is 0.0530. The molecular weight excluding hydrogens is 395 g/mol. The Morgan fingerprint density at radius 2 is 1.79 bits per heavy atom. The van der Waals surface area contributed by atoms with Gasteiger partial charge in [0.25, 0.3) is 5.70 Å². The van der Waals surface area contributed by atoms with E-state index in [1.54, 1.807) is 35.2 Å². The highest BCUT2D eigenvalue weighted by Gasteiger charge is 2.51. The predicted molar refractivity (Wildman–Crippen MR) is 104 cm³/mol. The van der Waals surface area contributed by atoms with Gasteiger partial charge in [0.05, 0.1) is 10.6 Å². The lowest BCUT2D eigenvalue weighted by molar-refractivity contribution is -0.430. The molecule has 8 heteroatoms. The van der Waals surface area contributed by atoms with Gasteiger partial charge in [-0.15, -0.1) is 0 Å².